The molecule has 0 aromatic heterocycles. The van der Waals surface area contributed by atoms with Crippen LogP contribution in [-0.4, -0.2) is 26.2 Å². The molecule has 0 amide bonds. The lowest BCUT2D eigenvalue weighted by molar-refractivity contribution is -0.140. The van der Waals surface area contributed by atoms with Gasteiger partial charge in [0.2, 0.25) is 0 Å². The Morgan fingerprint density at radius 1 is 1.42 bits per heavy atom. The number of hydrogen-bond acceptors (Lipinski definition) is 3. The molecular formula is C15H22FNO2. The summed E-state index contributed by atoms with van der Waals surface area (Å²) in [5.74, 6) is -0.401. The second-order valence-electron chi connectivity index (χ2n) is 5.25. The van der Waals surface area contributed by atoms with Gasteiger partial charge in [0.05, 0.1) is 7.11 Å². The van der Waals surface area contributed by atoms with Crippen LogP contribution in [0.15, 0.2) is 24.3 Å². The molecule has 0 aliphatic rings. The summed E-state index contributed by atoms with van der Waals surface area (Å²) < 4.78 is 17.8. The molecule has 0 atom stereocenters. The van der Waals surface area contributed by atoms with E-state index in [4.69, 9.17) is 0 Å². The van der Waals surface area contributed by atoms with E-state index in [2.05, 4.69) is 23.9 Å². The van der Waals surface area contributed by atoms with E-state index < -0.39 is 0 Å². The highest BCUT2D eigenvalue weighted by atomic mass is 19.1. The Labute approximate surface area is 114 Å². The molecule has 0 radical (unpaired) electrons. The summed E-state index contributed by atoms with van der Waals surface area (Å²) in [6, 6.07) is 6.67. The molecule has 0 unspecified atom stereocenters. The first-order valence-corrected chi connectivity index (χ1v) is 6.49. The smallest absolute Gasteiger partial charge is 0.305 e. The van der Waals surface area contributed by atoms with Crippen LogP contribution in [-0.2, 0) is 14.9 Å². The van der Waals surface area contributed by atoms with Gasteiger partial charge in [-0.2, -0.15) is 0 Å². The molecule has 0 saturated heterocycles. The fourth-order valence-electron chi connectivity index (χ4n) is 1.87. The lowest BCUT2D eigenvalue weighted by atomic mass is 9.84. The lowest BCUT2D eigenvalue weighted by Crippen LogP contribution is -2.33. The van der Waals surface area contributed by atoms with Gasteiger partial charge in [0.25, 0.3) is 0 Å². The molecule has 106 valence electrons. The molecule has 19 heavy (non-hydrogen) atoms. The average Bonchev–Trinajstić information content (AvgIpc) is 2.38. The van der Waals surface area contributed by atoms with Crippen molar-refractivity contribution in [2.45, 2.75) is 32.1 Å². The first-order chi connectivity index (χ1) is 8.95. The maximum absolute atomic E-state index is 13.2. The van der Waals surface area contributed by atoms with Gasteiger partial charge in [-0.1, -0.05) is 26.0 Å². The second kappa shape index (κ2) is 7.24. The van der Waals surface area contributed by atoms with E-state index in [1.165, 1.54) is 13.2 Å². The zero-order chi connectivity index (χ0) is 14.3. The Balaban J connectivity index is 2.37. The summed E-state index contributed by atoms with van der Waals surface area (Å²) in [5.41, 5.74) is 0.820. The predicted octanol–water partition coefficient (Wildman–Crippen LogP) is 2.65. The highest BCUT2D eigenvalue weighted by Crippen LogP contribution is 2.22. The van der Waals surface area contributed by atoms with Crippen molar-refractivity contribution in [3.05, 3.63) is 35.6 Å². The number of halogens is 1. The van der Waals surface area contributed by atoms with Crippen molar-refractivity contribution in [1.82, 2.24) is 5.32 Å². The van der Waals surface area contributed by atoms with E-state index in [9.17, 15) is 9.18 Å². The monoisotopic (exact) mass is 267 g/mol. The van der Waals surface area contributed by atoms with Gasteiger partial charge in [-0.3, -0.25) is 4.79 Å². The highest BCUT2D eigenvalue weighted by molar-refractivity contribution is 5.69. The molecule has 0 heterocycles. The SMILES string of the molecule is COC(=O)CCCNCC(C)(C)c1cccc(F)c1. The molecule has 4 heteroatoms. The third-order valence-electron chi connectivity index (χ3n) is 3.14. The van der Waals surface area contributed by atoms with Gasteiger partial charge >= 0.3 is 5.97 Å². The number of methoxy groups -OCH3 is 1. The van der Waals surface area contributed by atoms with Gasteiger partial charge < -0.3 is 10.1 Å². The number of rotatable bonds is 7. The van der Waals surface area contributed by atoms with Crippen LogP contribution in [0, 0.1) is 5.82 Å². The van der Waals surface area contributed by atoms with Gasteiger partial charge in [0.15, 0.2) is 0 Å². The third kappa shape index (κ3) is 5.39. The van der Waals surface area contributed by atoms with Crippen molar-refractivity contribution in [3.63, 3.8) is 0 Å². The minimum absolute atomic E-state index is 0.145. The average molecular weight is 267 g/mol. The van der Waals surface area contributed by atoms with Crippen LogP contribution in [0.1, 0.15) is 32.3 Å². The van der Waals surface area contributed by atoms with Crippen LogP contribution >= 0.6 is 0 Å². The van der Waals surface area contributed by atoms with Gasteiger partial charge in [-0.25, -0.2) is 4.39 Å². The van der Waals surface area contributed by atoms with Gasteiger partial charge in [-0.15, -0.1) is 0 Å². The molecule has 1 N–H and O–H groups in total. The lowest BCUT2D eigenvalue weighted by Gasteiger charge is -2.25. The van der Waals surface area contributed by atoms with Gasteiger partial charge in [-0.05, 0) is 30.7 Å². The molecule has 3 nitrogen and oxygen atoms in total. The van der Waals surface area contributed by atoms with Crippen LogP contribution in [0.2, 0.25) is 0 Å². The fraction of sp³-hybridized carbons (Fsp3) is 0.533. The number of benzene rings is 1. The largest absolute Gasteiger partial charge is 0.469 e. The van der Waals surface area contributed by atoms with E-state index in [0.717, 1.165) is 25.1 Å². The molecule has 1 aromatic rings. The summed E-state index contributed by atoms with van der Waals surface area (Å²) in [7, 11) is 1.39. The molecule has 0 fully saturated rings. The van der Waals surface area contributed by atoms with Crippen LogP contribution in [0.5, 0.6) is 0 Å². The van der Waals surface area contributed by atoms with Gasteiger partial charge in [0, 0.05) is 18.4 Å². The summed E-state index contributed by atoms with van der Waals surface area (Å²) in [5, 5.41) is 3.29. The minimum Gasteiger partial charge on any atom is -0.469 e. The van der Waals surface area contributed by atoms with Gasteiger partial charge in [0.1, 0.15) is 5.82 Å². The Hall–Kier alpha value is -1.42. The molecular weight excluding hydrogens is 245 g/mol. The normalized spacial score (nSPS) is 11.4. The molecule has 0 saturated carbocycles. The molecule has 0 aliphatic heterocycles. The van der Waals surface area contributed by atoms with Crippen molar-refractivity contribution in [3.8, 4) is 0 Å². The number of hydrogen-bond donors (Lipinski definition) is 1. The van der Waals surface area contributed by atoms with Crippen LogP contribution in [0.4, 0.5) is 4.39 Å². The maximum Gasteiger partial charge on any atom is 0.305 e. The van der Waals surface area contributed by atoms with E-state index in [1.54, 1.807) is 12.1 Å². The molecule has 0 bridgehead atoms. The van der Waals surface area contributed by atoms with E-state index >= 15 is 0 Å². The highest BCUT2D eigenvalue weighted by Gasteiger charge is 2.20. The standard InChI is InChI=1S/C15H22FNO2/c1-15(2,12-6-4-7-13(16)10-12)11-17-9-5-8-14(18)19-3/h4,6-7,10,17H,5,8-9,11H2,1-3H3. The van der Waals surface area contributed by atoms with Crippen LogP contribution in [0.25, 0.3) is 0 Å². The van der Waals surface area contributed by atoms with Crippen molar-refractivity contribution < 1.29 is 13.9 Å². The first kappa shape index (κ1) is 15.6. The van der Waals surface area contributed by atoms with Crippen LogP contribution in [0.3, 0.4) is 0 Å². The minimum atomic E-state index is -0.212. The van der Waals surface area contributed by atoms with Crippen molar-refractivity contribution in [2.75, 3.05) is 20.2 Å². The topological polar surface area (TPSA) is 38.3 Å². The van der Waals surface area contributed by atoms with Crippen molar-refractivity contribution in [1.29, 1.82) is 0 Å². The third-order valence-corrected chi connectivity index (χ3v) is 3.14. The number of esters is 1. The number of ether oxygens (including phenoxy) is 1. The molecule has 0 spiro atoms. The fourth-order valence-corrected chi connectivity index (χ4v) is 1.87. The Morgan fingerprint density at radius 2 is 2.16 bits per heavy atom. The van der Waals surface area contributed by atoms with Crippen LogP contribution < -0.4 is 5.32 Å². The first-order valence-electron chi connectivity index (χ1n) is 6.49. The molecule has 1 aromatic carbocycles. The summed E-state index contributed by atoms with van der Waals surface area (Å²) in [6.07, 6.45) is 1.16. The Morgan fingerprint density at radius 3 is 2.79 bits per heavy atom. The Bertz CT molecular complexity index is 418. The predicted molar refractivity (Wildman–Crippen MR) is 73.5 cm³/mol. The van der Waals surface area contributed by atoms with E-state index in [-0.39, 0.29) is 17.2 Å². The maximum atomic E-state index is 13.2. The Kier molecular flexibility index (Phi) is 5.96. The molecule has 0 aliphatic carbocycles. The summed E-state index contributed by atoms with van der Waals surface area (Å²) in [4.78, 5) is 10.9. The quantitative estimate of drug-likeness (QED) is 0.609. The summed E-state index contributed by atoms with van der Waals surface area (Å²) >= 11 is 0. The molecule has 1 rings (SSSR count). The number of carbonyl (C=O) groups is 1. The second-order valence-corrected chi connectivity index (χ2v) is 5.25. The zero-order valence-electron chi connectivity index (χ0n) is 11.8. The van der Waals surface area contributed by atoms with Crippen molar-refractivity contribution in [2.24, 2.45) is 0 Å². The number of carbonyl (C=O) groups excluding carboxylic acids is 1. The summed E-state index contributed by atoms with van der Waals surface area (Å²) in [6.45, 7) is 5.61. The van der Waals surface area contributed by atoms with E-state index in [0.29, 0.717) is 6.42 Å². The van der Waals surface area contributed by atoms with Crippen molar-refractivity contribution >= 4 is 5.97 Å². The number of nitrogens with one attached hydrogen (secondary N) is 1. The zero-order valence-corrected chi connectivity index (χ0v) is 11.8. The van der Waals surface area contributed by atoms with E-state index in [1.807, 2.05) is 6.07 Å².